The summed E-state index contributed by atoms with van der Waals surface area (Å²) in [6, 6.07) is 11.6. The number of pyridine rings is 1. The molecule has 88 valence electrons. The van der Waals surface area contributed by atoms with Crippen molar-refractivity contribution in [3.63, 3.8) is 0 Å². The van der Waals surface area contributed by atoms with Crippen molar-refractivity contribution in [2.45, 2.75) is 20.5 Å². The molecule has 0 radical (unpaired) electrons. The number of nitrogens with two attached hydrogens (primary N) is 1. The quantitative estimate of drug-likeness (QED) is 0.822. The van der Waals surface area contributed by atoms with E-state index in [4.69, 9.17) is 10.5 Å². The molecule has 0 saturated carbocycles. The summed E-state index contributed by atoms with van der Waals surface area (Å²) in [5, 5.41) is 0. The second-order valence-electron chi connectivity index (χ2n) is 4.10. The van der Waals surface area contributed by atoms with E-state index in [1.165, 1.54) is 0 Å². The van der Waals surface area contributed by atoms with Gasteiger partial charge in [0, 0.05) is 5.69 Å². The van der Waals surface area contributed by atoms with Crippen molar-refractivity contribution in [2.24, 2.45) is 0 Å². The summed E-state index contributed by atoms with van der Waals surface area (Å²) in [7, 11) is 0. The van der Waals surface area contributed by atoms with Crippen LogP contribution in [0.5, 0.6) is 5.75 Å². The highest BCUT2D eigenvalue weighted by molar-refractivity contribution is 5.53. The Morgan fingerprint density at radius 2 is 2.00 bits per heavy atom. The van der Waals surface area contributed by atoms with Gasteiger partial charge in [-0.25, -0.2) is 0 Å². The fraction of sp³-hybridized carbons (Fsp3) is 0.214. The summed E-state index contributed by atoms with van der Waals surface area (Å²) in [6.07, 6.45) is 0. The van der Waals surface area contributed by atoms with E-state index in [1.807, 2.05) is 50.2 Å². The number of hydrogen-bond acceptors (Lipinski definition) is 3. The van der Waals surface area contributed by atoms with Crippen LogP contribution in [0.25, 0.3) is 0 Å². The molecule has 17 heavy (non-hydrogen) atoms. The highest BCUT2D eigenvalue weighted by Gasteiger charge is 2.02. The van der Waals surface area contributed by atoms with Gasteiger partial charge in [-0.2, -0.15) is 0 Å². The molecule has 0 amide bonds. The van der Waals surface area contributed by atoms with Crippen molar-refractivity contribution in [2.75, 3.05) is 5.73 Å². The molecule has 0 fully saturated rings. The summed E-state index contributed by atoms with van der Waals surface area (Å²) in [5.74, 6) is 0.716. The molecule has 0 spiro atoms. The van der Waals surface area contributed by atoms with Crippen molar-refractivity contribution < 1.29 is 4.74 Å². The first-order chi connectivity index (χ1) is 8.15. The summed E-state index contributed by atoms with van der Waals surface area (Å²) in [6.45, 7) is 4.41. The Labute approximate surface area is 101 Å². The molecular weight excluding hydrogens is 212 g/mol. The van der Waals surface area contributed by atoms with Gasteiger partial charge in [0.25, 0.3) is 0 Å². The number of aryl methyl sites for hydroxylation is 2. The third kappa shape index (κ3) is 2.97. The van der Waals surface area contributed by atoms with Gasteiger partial charge >= 0.3 is 0 Å². The zero-order valence-electron chi connectivity index (χ0n) is 10.1. The lowest BCUT2D eigenvalue weighted by atomic mass is 10.2. The Morgan fingerprint density at radius 1 is 1.18 bits per heavy atom. The smallest absolute Gasteiger partial charge is 0.143 e. The van der Waals surface area contributed by atoms with E-state index in [0.29, 0.717) is 18.0 Å². The average Bonchev–Trinajstić information content (AvgIpc) is 2.30. The molecule has 0 unspecified atom stereocenters. The number of ether oxygens (including phenoxy) is 1. The monoisotopic (exact) mass is 228 g/mol. The zero-order chi connectivity index (χ0) is 12.3. The number of benzene rings is 1. The number of hydrogen-bond donors (Lipinski definition) is 1. The van der Waals surface area contributed by atoms with Crippen LogP contribution < -0.4 is 10.5 Å². The molecule has 1 heterocycles. The van der Waals surface area contributed by atoms with E-state index in [2.05, 4.69) is 4.98 Å². The molecule has 2 rings (SSSR count). The Kier molecular flexibility index (Phi) is 3.28. The zero-order valence-corrected chi connectivity index (χ0v) is 10.1. The largest absolute Gasteiger partial charge is 0.485 e. The highest BCUT2D eigenvalue weighted by atomic mass is 16.5. The normalized spacial score (nSPS) is 10.2. The SMILES string of the molecule is Cc1ccc(N)c(OCc2cccc(C)n2)c1. The molecule has 1 aromatic carbocycles. The van der Waals surface area contributed by atoms with Crippen LogP contribution >= 0.6 is 0 Å². The van der Waals surface area contributed by atoms with Crippen molar-refractivity contribution in [1.82, 2.24) is 4.98 Å². The highest BCUT2D eigenvalue weighted by Crippen LogP contribution is 2.23. The van der Waals surface area contributed by atoms with Gasteiger partial charge in [0.1, 0.15) is 12.4 Å². The topological polar surface area (TPSA) is 48.1 Å². The number of nitrogens with zero attached hydrogens (tertiary/aromatic N) is 1. The first kappa shape index (κ1) is 11.5. The fourth-order valence-electron chi connectivity index (χ4n) is 1.60. The Bertz CT molecular complexity index is 523. The maximum Gasteiger partial charge on any atom is 0.143 e. The molecule has 2 aromatic rings. The summed E-state index contributed by atoms with van der Waals surface area (Å²) in [5.41, 5.74) is 9.52. The van der Waals surface area contributed by atoms with E-state index in [-0.39, 0.29) is 0 Å². The Balaban J connectivity index is 2.09. The third-order valence-corrected chi connectivity index (χ3v) is 2.49. The maximum absolute atomic E-state index is 5.84. The molecule has 1 aromatic heterocycles. The number of rotatable bonds is 3. The third-order valence-electron chi connectivity index (χ3n) is 2.49. The lowest BCUT2D eigenvalue weighted by Gasteiger charge is -2.09. The number of anilines is 1. The van der Waals surface area contributed by atoms with Gasteiger partial charge in [-0.15, -0.1) is 0 Å². The average molecular weight is 228 g/mol. The molecule has 3 nitrogen and oxygen atoms in total. The van der Waals surface area contributed by atoms with E-state index in [9.17, 15) is 0 Å². The van der Waals surface area contributed by atoms with E-state index < -0.39 is 0 Å². The predicted molar refractivity (Wildman–Crippen MR) is 68.9 cm³/mol. The van der Waals surface area contributed by atoms with Gasteiger partial charge in [0.05, 0.1) is 11.4 Å². The van der Waals surface area contributed by atoms with Crippen molar-refractivity contribution in [3.05, 3.63) is 53.3 Å². The van der Waals surface area contributed by atoms with Crippen molar-refractivity contribution in [1.29, 1.82) is 0 Å². The van der Waals surface area contributed by atoms with Crippen LogP contribution in [-0.2, 0) is 6.61 Å². The minimum Gasteiger partial charge on any atom is -0.485 e. The van der Waals surface area contributed by atoms with Crippen LogP contribution in [0.4, 0.5) is 5.69 Å². The lowest BCUT2D eigenvalue weighted by molar-refractivity contribution is 0.302. The van der Waals surface area contributed by atoms with E-state index in [0.717, 1.165) is 17.0 Å². The van der Waals surface area contributed by atoms with Gasteiger partial charge in [-0.1, -0.05) is 12.1 Å². The number of aromatic nitrogens is 1. The van der Waals surface area contributed by atoms with Crippen molar-refractivity contribution in [3.8, 4) is 5.75 Å². The van der Waals surface area contributed by atoms with Crippen LogP contribution in [0.2, 0.25) is 0 Å². The fourth-order valence-corrected chi connectivity index (χ4v) is 1.60. The minimum atomic E-state index is 0.440. The second kappa shape index (κ2) is 4.87. The van der Waals surface area contributed by atoms with Crippen LogP contribution in [0, 0.1) is 13.8 Å². The van der Waals surface area contributed by atoms with Crippen LogP contribution in [0.15, 0.2) is 36.4 Å². The second-order valence-corrected chi connectivity index (χ2v) is 4.10. The summed E-state index contributed by atoms with van der Waals surface area (Å²) < 4.78 is 5.67. The molecular formula is C14H16N2O. The van der Waals surface area contributed by atoms with Crippen LogP contribution in [0.1, 0.15) is 17.0 Å². The molecule has 3 heteroatoms. The molecule has 2 N–H and O–H groups in total. The molecule has 0 aliphatic rings. The van der Waals surface area contributed by atoms with E-state index in [1.54, 1.807) is 0 Å². The molecule has 0 atom stereocenters. The Morgan fingerprint density at radius 3 is 2.76 bits per heavy atom. The van der Waals surface area contributed by atoms with Gasteiger partial charge in [0.15, 0.2) is 0 Å². The van der Waals surface area contributed by atoms with Crippen LogP contribution in [0.3, 0.4) is 0 Å². The van der Waals surface area contributed by atoms with Crippen molar-refractivity contribution >= 4 is 5.69 Å². The predicted octanol–water partition coefficient (Wildman–Crippen LogP) is 2.86. The summed E-state index contributed by atoms with van der Waals surface area (Å²) in [4.78, 5) is 4.37. The Hall–Kier alpha value is -2.03. The first-order valence-electron chi connectivity index (χ1n) is 5.56. The van der Waals surface area contributed by atoms with Gasteiger partial charge in [-0.05, 0) is 43.7 Å². The van der Waals surface area contributed by atoms with Gasteiger partial charge in [0.2, 0.25) is 0 Å². The lowest BCUT2D eigenvalue weighted by Crippen LogP contribution is -2.01. The molecule has 0 bridgehead atoms. The maximum atomic E-state index is 5.84. The number of nitrogen functional groups attached to an aromatic ring is 1. The van der Waals surface area contributed by atoms with E-state index >= 15 is 0 Å². The first-order valence-corrected chi connectivity index (χ1v) is 5.56. The molecule has 0 aliphatic heterocycles. The standard InChI is InChI=1S/C14H16N2O/c1-10-6-7-13(15)14(8-10)17-9-12-5-3-4-11(2)16-12/h3-8H,9,15H2,1-2H3. The molecule has 0 aliphatic carbocycles. The van der Waals surface area contributed by atoms with Gasteiger partial charge in [-0.3, -0.25) is 4.98 Å². The van der Waals surface area contributed by atoms with Gasteiger partial charge < -0.3 is 10.5 Å². The van der Waals surface area contributed by atoms with Crippen LogP contribution in [-0.4, -0.2) is 4.98 Å². The summed E-state index contributed by atoms with van der Waals surface area (Å²) >= 11 is 0. The molecule has 0 saturated heterocycles. The minimum absolute atomic E-state index is 0.440.